The van der Waals surface area contributed by atoms with Gasteiger partial charge in [0.15, 0.2) is 0 Å². The van der Waals surface area contributed by atoms with Gasteiger partial charge in [-0.3, -0.25) is 4.90 Å². The molecular formula is C22H29N3O2. The van der Waals surface area contributed by atoms with Crippen molar-refractivity contribution < 1.29 is 9.53 Å². The summed E-state index contributed by atoms with van der Waals surface area (Å²) in [7, 11) is 1.66. The number of nitrogens with zero attached hydrogens (tertiary/aromatic N) is 2. The number of methoxy groups -OCH3 is 1. The van der Waals surface area contributed by atoms with Crippen LogP contribution in [0.4, 0.5) is 4.79 Å². The number of carbonyl (C=O) groups is 1. The van der Waals surface area contributed by atoms with E-state index < -0.39 is 0 Å². The summed E-state index contributed by atoms with van der Waals surface area (Å²) < 4.78 is 5.16. The van der Waals surface area contributed by atoms with Crippen molar-refractivity contribution in [1.82, 2.24) is 15.1 Å². The first kappa shape index (κ1) is 19.2. The van der Waals surface area contributed by atoms with E-state index >= 15 is 0 Å². The van der Waals surface area contributed by atoms with Crippen molar-refractivity contribution in [3.63, 3.8) is 0 Å². The second-order valence-electron chi connectivity index (χ2n) is 7.02. The third-order valence-corrected chi connectivity index (χ3v) is 5.16. The molecule has 2 amide bonds. The van der Waals surface area contributed by atoms with Crippen molar-refractivity contribution in [1.29, 1.82) is 0 Å². The fourth-order valence-electron chi connectivity index (χ4n) is 3.36. The number of hydrogen-bond donors (Lipinski definition) is 1. The third-order valence-electron chi connectivity index (χ3n) is 5.16. The van der Waals surface area contributed by atoms with E-state index in [-0.39, 0.29) is 6.03 Å². The van der Waals surface area contributed by atoms with Crippen molar-refractivity contribution >= 4 is 6.03 Å². The zero-order valence-electron chi connectivity index (χ0n) is 16.3. The molecule has 0 atom stereocenters. The van der Waals surface area contributed by atoms with Crippen LogP contribution in [-0.2, 0) is 13.0 Å². The van der Waals surface area contributed by atoms with E-state index in [1.807, 2.05) is 29.2 Å². The highest BCUT2D eigenvalue weighted by Gasteiger charge is 2.21. The lowest BCUT2D eigenvalue weighted by Gasteiger charge is -2.35. The predicted molar refractivity (Wildman–Crippen MR) is 108 cm³/mol. The van der Waals surface area contributed by atoms with Crippen molar-refractivity contribution in [2.45, 2.75) is 19.9 Å². The highest BCUT2D eigenvalue weighted by atomic mass is 16.5. The van der Waals surface area contributed by atoms with Gasteiger partial charge in [0.1, 0.15) is 5.75 Å². The monoisotopic (exact) mass is 367 g/mol. The zero-order valence-corrected chi connectivity index (χ0v) is 16.3. The first-order chi connectivity index (χ1) is 13.2. The minimum absolute atomic E-state index is 0.0408. The molecule has 1 N–H and O–H groups in total. The molecule has 1 aliphatic heterocycles. The fraction of sp³-hybridized carbons (Fsp3) is 0.409. The first-order valence-electron chi connectivity index (χ1n) is 9.58. The molecule has 5 nitrogen and oxygen atoms in total. The van der Waals surface area contributed by atoms with Crippen LogP contribution in [0.2, 0.25) is 0 Å². The van der Waals surface area contributed by atoms with Crippen LogP contribution in [0.5, 0.6) is 5.75 Å². The standard InChI is InChI=1S/C22H29N3O2/c1-18-5-3-4-6-20(18)17-24-13-15-25(16-14-24)22(26)23-12-11-19-7-9-21(27-2)10-8-19/h3-10H,11-17H2,1-2H3,(H,23,26). The summed E-state index contributed by atoms with van der Waals surface area (Å²) in [4.78, 5) is 16.7. The Labute approximate surface area is 161 Å². The average Bonchev–Trinajstić information content (AvgIpc) is 2.71. The summed E-state index contributed by atoms with van der Waals surface area (Å²) in [6.45, 7) is 7.15. The molecule has 0 unspecified atom stereocenters. The van der Waals surface area contributed by atoms with Crippen LogP contribution in [0.15, 0.2) is 48.5 Å². The smallest absolute Gasteiger partial charge is 0.317 e. The van der Waals surface area contributed by atoms with Gasteiger partial charge < -0.3 is 15.0 Å². The quantitative estimate of drug-likeness (QED) is 0.853. The van der Waals surface area contributed by atoms with E-state index in [2.05, 4.69) is 41.4 Å². The number of benzene rings is 2. The van der Waals surface area contributed by atoms with Crippen LogP contribution < -0.4 is 10.1 Å². The molecular weight excluding hydrogens is 338 g/mol. The van der Waals surface area contributed by atoms with E-state index in [9.17, 15) is 4.79 Å². The van der Waals surface area contributed by atoms with Crippen LogP contribution in [0.3, 0.4) is 0 Å². The van der Waals surface area contributed by atoms with Gasteiger partial charge in [0.25, 0.3) is 0 Å². The molecule has 0 saturated carbocycles. The van der Waals surface area contributed by atoms with Gasteiger partial charge in [0.05, 0.1) is 7.11 Å². The number of ether oxygens (including phenoxy) is 1. The van der Waals surface area contributed by atoms with Gasteiger partial charge in [-0.25, -0.2) is 4.79 Å². The summed E-state index contributed by atoms with van der Waals surface area (Å²) in [6, 6.07) is 16.5. The number of rotatable bonds is 6. The van der Waals surface area contributed by atoms with E-state index in [0.717, 1.165) is 44.9 Å². The lowest BCUT2D eigenvalue weighted by atomic mass is 10.1. The Balaban J connectivity index is 1.38. The number of hydrogen-bond acceptors (Lipinski definition) is 3. The fourth-order valence-corrected chi connectivity index (χ4v) is 3.36. The van der Waals surface area contributed by atoms with Crippen LogP contribution in [0.1, 0.15) is 16.7 Å². The Kier molecular flexibility index (Phi) is 6.71. The second-order valence-corrected chi connectivity index (χ2v) is 7.02. The Bertz CT molecular complexity index is 737. The topological polar surface area (TPSA) is 44.8 Å². The van der Waals surface area contributed by atoms with Crippen molar-refractivity contribution in [3.05, 3.63) is 65.2 Å². The summed E-state index contributed by atoms with van der Waals surface area (Å²) >= 11 is 0. The lowest BCUT2D eigenvalue weighted by Crippen LogP contribution is -2.51. The summed E-state index contributed by atoms with van der Waals surface area (Å²) in [6.07, 6.45) is 0.822. The Hall–Kier alpha value is -2.53. The van der Waals surface area contributed by atoms with Crippen molar-refractivity contribution in [3.8, 4) is 5.75 Å². The van der Waals surface area contributed by atoms with E-state index in [0.29, 0.717) is 6.54 Å². The first-order valence-corrected chi connectivity index (χ1v) is 9.58. The van der Waals surface area contributed by atoms with Gasteiger partial charge in [-0.15, -0.1) is 0 Å². The molecule has 0 spiro atoms. The van der Waals surface area contributed by atoms with Crippen LogP contribution >= 0.6 is 0 Å². The predicted octanol–water partition coefficient (Wildman–Crippen LogP) is 3.07. The molecule has 0 aromatic heterocycles. The highest BCUT2D eigenvalue weighted by molar-refractivity contribution is 5.74. The van der Waals surface area contributed by atoms with Gasteiger partial charge in [0.2, 0.25) is 0 Å². The summed E-state index contributed by atoms with van der Waals surface area (Å²) in [5.41, 5.74) is 3.89. The molecule has 1 fully saturated rings. The molecule has 0 bridgehead atoms. The number of nitrogens with one attached hydrogen (secondary N) is 1. The molecule has 1 heterocycles. The van der Waals surface area contributed by atoms with Crippen molar-refractivity contribution in [2.24, 2.45) is 0 Å². The molecule has 0 radical (unpaired) electrons. The largest absolute Gasteiger partial charge is 0.497 e. The lowest BCUT2D eigenvalue weighted by molar-refractivity contribution is 0.135. The average molecular weight is 367 g/mol. The van der Waals surface area contributed by atoms with Gasteiger partial charge in [0, 0.05) is 39.3 Å². The van der Waals surface area contributed by atoms with E-state index in [4.69, 9.17) is 4.74 Å². The highest BCUT2D eigenvalue weighted by Crippen LogP contribution is 2.13. The van der Waals surface area contributed by atoms with Crippen LogP contribution in [-0.4, -0.2) is 55.7 Å². The van der Waals surface area contributed by atoms with Gasteiger partial charge in [-0.05, 0) is 42.2 Å². The van der Waals surface area contributed by atoms with E-state index in [1.165, 1.54) is 16.7 Å². The van der Waals surface area contributed by atoms with Gasteiger partial charge >= 0.3 is 6.03 Å². The minimum Gasteiger partial charge on any atom is -0.497 e. The molecule has 144 valence electrons. The minimum atomic E-state index is 0.0408. The number of aryl methyl sites for hydroxylation is 1. The maximum atomic E-state index is 12.4. The number of amides is 2. The van der Waals surface area contributed by atoms with Gasteiger partial charge in [-0.1, -0.05) is 36.4 Å². The normalized spacial score (nSPS) is 14.8. The van der Waals surface area contributed by atoms with E-state index in [1.54, 1.807) is 7.11 Å². The molecule has 5 heteroatoms. The number of carbonyl (C=O) groups excluding carboxylic acids is 1. The second kappa shape index (κ2) is 9.42. The summed E-state index contributed by atoms with van der Waals surface area (Å²) in [5.74, 6) is 0.853. The number of urea groups is 1. The Morgan fingerprint density at radius 1 is 1.04 bits per heavy atom. The maximum absolute atomic E-state index is 12.4. The Morgan fingerprint density at radius 3 is 2.41 bits per heavy atom. The van der Waals surface area contributed by atoms with Gasteiger partial charge in [-0.2, -0.15) is 0 Å². The molecule has 1 saturated heterocycles. The van der Waals surface area contributed by atoms with Crippen LogP contribution in [0, 0.1) is 6.92 Å². The third kappa shape index (κ3) is 5.47. The van der Waals surface area contributed by atoms with Crippen molar-refractivity contribution in [2.75, 3.05) is 39.8 Å². The zero-order chi connectivity index (χ0) is 19.1. The molecule has 1 aliphatic rings. The molecule has 0 aliphatic carbocycles. The number of piperazine rings is 1. The molecule has 2 aromatic rings. The molecule has 27 heavy (non-hydrogen) atoms. The maximum Gasteiger partial charge on any atom is 0.317 e. The molecule has 3 rings (SSSR count). The SMILES string of the molecule is COc1ccc(CCNC(=O)N2CCN(Cc3ccccc3C)CC2)cc1. The Morgan fingerprint density at radius 2 is 1.74 bits per heavy atom. The van der Waals surface area contributed by atoms with Crippen LogP contribution in [0.25, 0.3) is 0 Å². The summed E-state index contributed by atoms with van der Waals surface area (Å²) in [5, 5.41) is 3.04. The molecule has 2 aromatic carbocycles.